The second-order valence-electron chi connectivity index (χ2n) is 4.57. The van der Waals surface area contributed by atoms with Crippen LogP contribution in [0.1, 0.15) is 19.3 Å². The molecular formula is C10H16N2O. The first-order valence-electron chi connectivity index (χ1n) is 5.37. The summed E-state index contributed by atoms with van der Waals surface area (Å²) >= 11 is 0. The molecule has 3 fully saturated rings. The molecule has 3 rings (SSSR count). The summed E-state index contributed by atoms with van der Waals surface area (Å²) in [5, 5.41) is 3.34. The minimum Gasteiger partial charge on any atom is -0.339 e. The molecule has 1 saturated carbocycles. The van der Waals surface area contributed by atoms with Crippen molar-refractivity contribution in [3.63, 3.8) is 0 Å². The molecule has 3 heteroatoms. The Morgan fingerprint density at radius 3 is 2.69 bits per heavy atom. The molecule has 2 unspecified atom stereocenters. The Morgan fingerprint density at radius 2 is 2.08 bits per heavy atom. The number of nitrogens with one attached hydrogen (secondary N) is 1. The van der Waals surface area contributed by atoms with Crippen molar-refractivity contribution >= 4 is 5.91 Å². The minimum atomic E-state index is 0.440. The lowest BCUT2D eigenvalue weighted by molar-refractivity contribution is -0.132. The van der Waals surface area contributed by atoms with Crippen LogP contribution in [-0.4, -0.2) is 36.5 Å². The molecule has 3 aliphatic rings. The van der Waals surface area contributed by atoms with Crippen LogP contribution in [0.4, 0.5) is 0 Å². The fraction of sp³-hybridized carbons (Fsp3) is 0.900. The fourth-order valence-corrected chi connectivity index (χ4v) is 2.75. The third kappa shape index (κ3) is 1.17. The number of fused-ring (bicyclic) bond motifs is 1. The van der Waals surface area contributed by atoms with Crippen LogP contribution in [-0.2, 0) is 4.79 Å². The van der Waals surface area contributed by atoms with E-state index >= 15 is 0 Å². The van der Waals surface area contributed by atoms with Crippen LogP contribution >= 0.6 is 0 Å². The van der Waals surface area contributed by atoms with Crippen molar-refractivity contribution in [2.45, 2.75) is 25.3 Å². The highest BCUT2D eigenvalue weighted by Crippen LogP contribution is 2.47. The van der Waals surface area contributed by atoms with Gasteiger partial charge in [0.2, 0.25) is 5.91 Å². The summed E-state index contributed by atoms with van der Waals surface area (Å²) in [6, 6.07) is 0.557. The third-order valence-corrected chi connectivity index (χ3v) is 3.70. The molecule has 0 aromatic heterocycles. The van der Waals surface area contributed by atoms with Gasteiger partial charge in [0, 0.05) is 18.5 Å². The molecule has 13 heavy (non-hydrogen) atoms. The summed E-state index contributed by atoms with van der Waals surface area (Å²) in [6.45, 7) is 3.24. The molecule has 2 atom stereocenters. The lowest BCUT2D eigenvalue weighted by atomic mass is 10.0. The van der Waals surface area contributed by atoms with Gasteiger partial charge in [-0.1, -0.05) is 0 Å². The predicted molar refractivity (Wildman–Crippen MR) is 49.2 cm³/mol. The molecule has 0 aromatic carbocycles. The van der Waals surface area contributed by atoms with Crippen molar-refractivity contribution in [3.05, 3.63) is 0 Å². The molecule has 1 aliphatic carbocycles. The van der Waals surface area contributed by atoms with Crippen LogP contribution in [0.15, 0.2) is 0 Å². The van der Waals surface area contributed by atoms with Crippen molar-refractivity contribution in [2.24, 2.45) is 11.8 Å². The molecular weight excluding hydrogens is 164 g/mol. The summed E-state index contributed by atoms with van der Waals surface area (Å²) in [6.07, 6.45) is 3.50. The van der Waals surface area contributed by atoms with Crippen molar-refractivity contribution in [1.29, 1.82) is 0 Å². The molecule has 1 N–H and O–H groups in total. The van der Waals surface area contributed by atoms with E-state index < -0.39 is 0 Å². The van der Waals surface area contributed by atoms with E-state index in [1.807, 2.05) is 0 Å². The number of hydrogen-bond donors (Lipinski definition) is 1. The number of rotatable bonds is 1. The highest BCUT2D eigenvalue weighted by atomic mass is 16.2. The minimum absolute atomic E-state index is 0.440. The summed E-state index contributed by atoms with van der Waals surface area (Å²) in [5.41, 5.74) is 0. The summed E-state index contributed by atoms with van der Waals surface area (Å²) < 4.78 is 0. The standard InChI is InChI=1S/C10H16N2O/c13-10-9-5-7(9)6-12(10)8-1-3-11-4-2-8/h7-9,11H,1-6H2. The van der Waals surface area contributed by atoms with Gasteiger partial charge in [0.15, 0.2) is 0 Å². The van der Waals surface area contributed by atoms with Crippen molar-refractivity contribution in [1.82, 2.24) is 10.2 Å². The van der Waals surface area contributed by atoms with Gasteiger partial charge in [-0.3, -0.25) is 4.79 Å². The molecule has 2 heterocycles. The van der Waals surface area contributed by atoms with Crippen LogP contribution in [0.2, 0.25) is 0 Å². The number of carbonyl (C=O) groups excluding carboxylic acids is 1. The van der Waals surface area contributed by atoms with E-state index in [9.17, 15) is 4.79 Å². The quantitative estimate of drug-likeness (QED) is 0.626. The van der Waals surface area contributed by atoms with Gasteiger partial charge in [0.1, 0.15) is 0 Å². The summed E-state index contributed by atoms with van der Waals surface area (Å²) in [4.78, 5) is 13.9. The Hall–Kier alpha value is -0.570. The van der Waals surface area contributed by atoms with Crippen LogP contribution in [0.3, 0.4) is 0 Å². The fourth-order valence-electron chi connectivity index (χ4n) is 2.75. The number of piperidine rings is 2. The summed E-state index contributed by atoms with van der Waals surface area (Å²) in [5.74, 6) is 1.63. The van der Waals surface area contributed by atoms with Gasteiger partial charge in [-0.25, -0.2) is 0 Å². The third-order valence-electron chi connectivity index (χ3n) is 3.70. The zero-order valence-corrected chi connectivity index (χ0v) is 7.83. The Bertz CT molecular complexity index is 235. The first-order chi connectivity index (χ1) is 6.36. The van der Waals surface area contributed by atoms with E-state index in [1.165, 1.54) is 6.42 Å². The van der Waals surface area contributed by atoms with Gasteiger partial charge in [0.05, 0.1) is 0 Å². The van der Waals surface area contributed by atoms with Gasteiger partial charge < -0.3 is 10.2 Å². The van der Waals surface area contributed by atoms with Crippen LogP contribution < -0.4 is 5.32 Å². The topological polar surface area (TPSA) is 32.3 Å². The Balaban J connectivity index is 1.67. The Labute approximate surface area is 78.5 Å². The van der Waals surface area contributed by atoms with Gasteiger partial charge in [-0.15, -0.1) is 0 Å². The second kappa shape index (κ2) is 2.71. The van der Waals surface area contributed by atoms with Crippen molar-refractivity contribution in [2.75, 3.05) is 19.6 Å². The molecule has 3 nitrogen and oxygen atoms in total. The highest BCUT2D eigenvalue weighted by Gasteiger charge is 2.53. The van der Waals surface area contributed by atoms with Crippen LogP contribution in [0.25, 0.3) is 0 Å². The predicted octanol–water partition coefficient (Wildman–Crippen LogP) is 0.217. The zero-order chi connectivity index (χ0) is 8.84. The monoisotopic (exact) mass is 180 g/mol. The highest BCUT2D eigenvalue weighted by molar-refractivity contribution is 5.84. The van der Waals surface area contributed by atoms with Crippen molar-refractivity contribution in [3.8, 4) is 0 Å². The second-order valence-corrected chi connectivity index (χ2v) is 4.57. The maximum Gasteiger partial charge on any atom is 0.226 e. The van der Waals surface area contributed by atoms with Gasteiger partial charge in [-0.05, 0) is 38.3 Å². The molecule has 0 aromatic rings. The SMILES string of the molecule is O=C1C2CC2CN1C1CCNCC1. The number of nitrogens with zero attached hydrogens (tertiary/aromatic N) is 1. The van der Waals surface area contributed by atoms with Crippen LogP contribution in [0.5, 0.6) is 0 Å². The maximum absolute atomic E-state index is 11.8. The molecule has 72 valence electrons. The van der Waals surface area contributed by atoms with Crippen LogP contribution in [0, 0.1) is 11.8 Å². The molecule has 0 bridgehead atoms. The first kappa shape index (κ1) is 7.80. The maximum atomic E-state index is 11.8. The van der Waals surface area contributed by atoms with E-state index in [1.54, 1.807) is 0 Å². The average molecular weight is 180 g/mol. The van der Waals surface area contributed by atoms with Gasteiger partial charge in [-0.2, -0.15) is 0 Å². The van der Waals surface area contributed by atoms with E-state index in [4.69, 9.17) is 0 Å². The number of hydrogen-bond acceptors (Lipinski definition) is 2. The molecule has 2 saturated heterocycles. The van der Waals surface area contributed by atoms with E-state index in [0.717, 1.165) is 38.4 Å². The first-order valence-corrected chi connectivity index (χ1v) is 5.37. The lowest BCUT2D eigenvalue weighted by Crippen LogP contribution is -2.44. The normalized spacial score (nSPS) is 39.4. The number of likely N-dealkylation sites (tertiary alicyclic amines) is 1. The van der Waals surface area contributed by atoms with E-state index in [-0.39, 0.29) is 0 Å². The lowest BCUT2D eigenvalue weighted by Gasteiger charge is -2.32. The Morgan fingerprint density at radius 1 is 1.31 bits per heavy atom. The smallest absolute Gasteiger partial charge is 0.226 e. The van der Waals surface area contributed by atoms with Gasteiger partial charge in [0.25, 0.3) is 0 Å². The van der Waals surface area contributed by atoms with E-state index in [2.05, 4.69) is 10.2 Å². The largest absolute Gasteiger partial charge is 0.339 e. The number of amides is 1. The molecule has 0 radical (unpaired) electrons. The molecule has 0 spiro atoms. The summed E-state index contributed by atoms with van der Waals surface area (Å²) in [7, 11) is 0. The Kier molecular flexibility index (Phi) is 1.62. The van der Waals surface area contributed by atoms with Gasteiger partial charge >= 0.3 is 0 Å². The zero-order valence-electron chi connectivity index (χ0n) is 7.83. The van der Waals surface area contributed by atoms with Crippen molar-refractivity contribution < 1.29 is 4.79 Å². The average Bonchev–Trinajstić information content (AvgIpc) is 2.88. The van der Waals surface area contributed by atoms with E-state index in [0.29, 0.717) is 17.9 Å². The molecule has 2 aliphatic heterocycles. The number of carbonyl (C=O) groups is 1. The molecule has 1 amide bonds.